The molecule has 0 spiro atoms. The van der Waals surface area contributed by atoms with Crippen LogP contribution in [-0.4, -0.2) is 37.4 Å². The number of carbonyl (C=O) groups excluding carboxylic acids is 1. The predicted molar refractivity (Wildman–Crippen MR) is 95.4 cm³/mol. The molecule has 25 heavy (non-hydrogen) atoms. The molecular formula is C18H26N2O4S. The number of hydrogen-bond donors (Lipinski definition) is 2. The molecule has 1 aliphatic carbocycles. The van der Waals surface area contributed by atoms with Crippen molar-refractivity contribution < 1.29 is 18.4 Å². The van der Waals surface area contributed by atoms with Gasteiger partial charge >= 0.3 is 0 Å². The van der Waals surface area contributed by atoms with Gasteiger partial charge in [-0.15, -0.1) is 0 Å². The molecule has 3 rings (SSSR count). The van der Waals surface area contributed by atoms with Crippen LogP contribution in [-0.2, 0) is 14.6 Å². The number of hydrogen-bond acceptors (Lipinski definition) is 5. The van der Waals surface area contributed by atoms with E-state index < -0.39 is 20.5 Å². The number of nitrogens with zero attached hydrogens (tertiary/aromatic N) is 1. The first-order valence-corrected chi connectivity index (χ1v) is 10.5. The number of rotatable bonds is 4. The van der Waals surface area contributed by atoms with Crippen molar-refractivity contribution in [2.24, 2.45) is 0 Å². The Morgan fingerprint density at radius 1 is 0.960 bits per heavy atom. The van der Waals surface area contributed by atoms with E-state index in [0.29, 0.717) is 12.8 Å². The molecule has 1 saturated carbocycles. The first-order chi connectivity index (χ1) is 12.0. The molecule has 1 aliphatic heterocycles. The third-order valence-corrected chi connectivity index (χ3v) is 8.07. The second-order valence-corrected chi connectivity index (χ2v) is 9.30. The van der Waals surface area contributed by atoms with Crippen LogP contribution in [0.3, 0.4) is 0 Å². The van der Waals surface area contributed by atoms with Crippen molar-refractivity contribution in [3.8, 4) is 0 Å². The van der Waals surface area contributed by atoms with Crippen LogP contribution < -0.4 is 10.4 Å². The third kappa shape index (κ3) is 3.27. The number of piperidine rings is 1. The van der Waals surface area contributed by atoms with Crippen LogP contribution in [0.1, 0.15) is 51.4 Å². The standard InChI is InChI=1S/C18H26N2O4S/c21-17(19-22)18(11-3-1-4-12-18)25(23,24)16-9-7-15(8-10-16)20-13-5-2-6-14-20/h7-10,22H,1-6,11-14H2,(H,19,21). The van der Waals surface area contributed by atoms with Crippen molar-refractivity contribution in [3.05, 3.63) is 24.3 Å². The lowest BCUT2D eigenvalue weighted by molar-refractivity contribution is -0.132. The first-order valence-electron chi connectivity index (χ1n) is 9.05. The van der Waals surface area contributed by atoms with Gasteiger partial charge in [0.15, 0.2) is 14.6 Å². The smallest absolute Gasteiger partial charge is 0.265 e. The van der Waals surface area contributed by atoms with E-state index in [9.17, 15) is 13.2 Å². The van der Waals surface area contributed by atoms with Crippen LogP contribution in [0.2, 0.25) is 0 Å². The Hall–Kier alpha value is -1.60. The SMILES string of the molecule is O=C(NO)C1(S(=O)(=O)c2ccc(N3CCCCC3)cc2)CCCCC1. The highest BCUT2D eigenvalue weighted by Gasteiger charge is 2.51. The minimum Gasteiger partial charge on any atom is -0.372 e. The quantitative estimate of drug-likeness (QED) is 0.632. The Kier molecular flexibility index (Phi) is 5.34. The molecule has 138 valence electrons. The Morgan fingerprint density at radius 2 is 1.52 bits per heavy atom. The van der Waals surface area contributed by atoms with E-state index in [1.54, 1.807) is 17.6 Å². The maximum Gasteiger partial charge on any atom is 0.265 e. The fraction of sp³-hybridized carbons (Fsp3) is 0.611. The molecule has 2 N–H and O–H groups in total. The Labute approximate surface area is 149 Å². The molecule has 0 unspecified atom stereocenters. The van der Waals surface area contributed by atoms with E-state index in [1.807, 2.05) is 12.1 Å². The first kappa shape index (κ1) is 18.2. The van der Waals surface area contributed by atoms with Gasteiger partial charge in [-0.25, -0.2) is 13.9 Å². The van der Waals surface area contributed by atoms with Gasteiger partial charge in [0.25, 0.3) is 5.91 Å². The fourth-order valence-corrected chi connectivity index (χ4v) is 6.12. The van der Waals surface area contributed by atoms with E-state index in [4.69, 9.17) is 5.21 Å². The maximum absolute atomic E-state index is 13.2. The minimum atomic E-state index is -3.87. The van der Waals surface area contributed by atoms with E-state index >= 15 is 0 Å². The summed E-state index contributed by atoms with van der Waals surface area (Å²) in [6, 6.07) is 6.84. The van der Waals surface area contributed by atoms with Gasteiger partial charge in [-0.05, 0) is 56.4 Å². The van der Waals surface area contributed by atoms with Gasteiger partial charge in [-0.3, -0.25) is 10.0 Å². The summed E-state index contributed by atoms with van der Waals surface area (Å²) >= 11 is 0. The largest absolute Gasteiger partial charge is 0.372 e. The summed E-state index contributed by atoms with van der Waals surface area (Å²) in [5.41, 5.74) is 2.60. The van der Waals surface area contributed by atoms with Gasteiger partial charge in [0.2, 0.25) is 0 Å². The summed E-state index contributed by atoms with van der Waals surface area (Å²) in [7, 11) is -3.87. The summed E-state index contributed by atoms with van der Waals surface area (Å²) < 4.78 is 24.9. The molecule has 2 fully saturated rings. The zero-order chi connectivity index (χ0) is 17.9. The van der Waals surface area contributed by atoms with Crippen molar-refractivity contribution in [2.75, 3.05) is 18.0 Å². The van der Waals surface area contributed by atoms with Crippen LogP contribution >= 0.6 is 0 Å². The molecule has 1 amide bonds. The lowest BCUT2D eigenvalue weighted by Crippen LogP contribution is -2.52. The van der Waals surface area contributed by atoms with Gasteiger partial charge < -0.3 is 4.90 Å². The minimum absolute atomic E-state index is 0.152. The van der Waals surface area contributed by atoms with Crippen LogP contribution in [0, 0.1) is 0 Å². The lowest BCUT2D eigenvalue weighted by atomic mass is 9.88. The van der Waals surface area contributed by atoms with Gasteiger partial charge in [0.1, 0.15) is 0 Å². The monoisotopic (exact) mass is 366 g/mol. The maximum atomic E-state index is 13.2. The highest BCUT2D eigenvalue weighted by Crippen LogP contribution is 2.39. The summed E-state index contributed by atoms with van der Waals surface area (Å²) in [5.74, 6) is -0.813. The van der Waals surface area contributed by atoms with Gasteiger partial charge in [0.05, 0.1) is 4.90 Å². The zero-order valence-corrected chi connectivity index (χ0v) is 15.2. The van der Waals surface area contributed by atoms with Gasteiger partial charge in [0, 0.05) is 18.8 Å². The average Bonchev–Trinajstić information content (AvgIpc) is 2.68. The van der Waals surface area contributed by atoms with Crippen molar-refractivity contribution in [1.29, 1.82) is 0 Å². The van der Waals surface area contributed by atoms with Crippen molar-refractivity contribution in [2.45, 2.75) is 61.0 Å². The Bertz CT molecular complexity index is 703. The van der Waals surface area contributed by atoms with Gasteiger partial charge in [-0.2, -0.15) is 0 Å². The molecule has 1 saturated heterocycles. The molecule has 0 atom stereocenters. The van der Waals surface area contributed by atoms with Crippen LogP contribution in [0.5, 0.6) is 0 Å². The Balaban J connectivity index is 1.91. The summed E-state index contributed by atoms with van der Waals surface area (Å²) in [5, 5.41) is 9.11. The number of sulfone groups is 1. The molecule has 0 radical (unpaired) electrons. The van der Waals surface area contributed by atoms with Crippen LogP contribution in [0.25, 0.3) is 0 Å². The molecule has 6 nitrogen and oxygen atoms in total. The highest BCUT2D eigenvalue weighted by molar-refractivity contribution is 7.93. The molecular weight excluding hydrogens is 340 g/mol. The van der Waals surface area contributed by atoms with Crippen LogP contribution in [0.4, 0.5) is 5.69 Å². The molecule has 1 aromatic rings. The molecule has 1 aromatic carbocycles. The predicted octanol–water partition coefficient (Wildman–Crippen LogP) is 2.66. The van der Waals surface area contributed by atoms with E-state index in [2.05, 4.69) is 4.90 Å². The molecule has 1 heterocycles. The topological polar surface area (TPSA) is 86.7 Å². The summed E-state index contributed by atoms with van der Waals surface area (Å²) in [6.45, 7) is 1.98. The highest BCUT2D eigenvalue weighted by atomic mass is 32.2. The summed E-state index contributed by atoms with van der Waals surface area (Å²) in [4.78, 5) is 14.7. The molecule has 2 aliphatic rings. The number of hydroxylamine groups is 1. The van der Waals surface area contributed by atoms with Gasteiger partial charge in [-0.1, -0.05) is 19.3 Å². The number of carbonyl (C=O) groups is 1. The van der Waals surface area contributed by atoms with Crippen LogP contribution in [0.15, 0.2) is 29.2 Å². The van der Waals surface area contributed by atoms with E-state index in [1.165, 1.54) is 6.42 Å². The number of amides is 1. The van der Waals surface area contributed by atoms with E-state index in [0.717, 1.165) is 38.0 Å². The lowest BCUT2D eigenvalue weighted by Gasteiger charge is -2.34. The second-order valence-electron chi connectivity index (χ2n) is 7.04. The zero-order valence-electron chi connectivity index (χ0n) is 14.4. The number of benzene rings is 1. The third-order valence-electron chi connectivity index (χ3n) is 5.56. The van der Waals surface area contributed by atoms with Crippen molar-refractivity contribution in [1.82, 2.24) is 5.48 Å². The second kappa shape index (κ2) is 7.33. The fourth-order valence-electron chi connectivity index (χ4n) is 4.06. The van der Waals surface area contributed by atoms with Crippen molar-refractivity contribution in [3.63, 3.8) is 0 Å². The number of anilines is 1. The normalized spacial score (nSPS) is 20.9. The Morgan fingerprint density at radius 3 is 2.08 bits per heavy atom. The summed E-state index contributed by atoms with van der Waals surface area (Å²) in [6.07, 6.45) is 6.27. The van der Waals surface area contributed by atoms with Crippen molar-refractivity contribution >= 4 is 21.4 Å². The molecule has 7 heteroatoms. The molecule has 0 bridgehead atoms. The van der Waals surface area contributed by atoms with E-state index in [-0.39, 0.29) is 17.7 Å². The number of nitrogens with one attached hydrogen (secondary N) is 1. The molecule has 0 aromatic heterocycles. The average molecular weight is 366 g/mol.